The van der Waals surface area contributed by atoms with Gasteiger partial charge in [0.05, 0.1) is 19.8 Å². The summed E-state index contributed by atoms with van der Waals surface area (Å²) in [7, 11) is -4.79. The van der Waals surface area contributed by atoms with Crippen molar-refractivity contribution in [3.8, 4) is 0 Å². The van der Waals surface area contributed by atoms with Gasteiger partial charge in [-0.15, -0.1) is 0 Å². The van der Waals surface area contributed by atoms with Crippen LogP contribution in [0.25, 0.3) is 0 Å². The Morgan fingerprint density at radius 2 is 0.703 bits per heavy atom. The average molecular weight is 1050 g/mol. The van der Waals surface area contributed by atoms with Gasteiger partial charge in [-0.1, -0.05) is 199 Å². The van der Waals surface area contributed by atoms with Gasteiger partial charge in [-0.25, -0.2) is 4.57 Å². The van der Waals surface area contributed by atoms with E-state index in [1.165, 1.54) is 6.42 Å². The number of ether oxygens (including phenoxy) is 3. The molecule has 74 heavy (non-hydrogen) atoms. The van der Waals surface area contributed by atoms with Gasteiger partial charge in [-0.05, 0) is 116 Å². The molecule has 0 heterocycles. The van der Waals surface area contributed by atoms with E-state index in [0.29, 0.717) is 25.7 Å². The fraction of sp³-hybridized carbons (Fsp3) is 0.565. The monoisotopic (exact) mass is 1050 g/mol. The van der Waals surface area contributed by atoms with E-state index < -0.39 is 57.8 Å². The summed E-state index contributed by atoms with van der Waals surface area (Å²) in [6, 6.07) is 0. The minimum absolute atomic E-state index is 0.0428. The van der Waals surface area contributed by atoms with Crippen molar-refractivity contribution in [1.29, 1.82) is 0 Å². The lowest BCUT2D eigenvalue weighted by Gasteiger charge is -2.21. The van der Waals surface area contributed by atoms with Crippen LogP contribution in [0.4, 0.5) is 0 Å². The van der Waals surface area contributed by atoms with Crippen molar-refractivity contribution < 1.29 is 52.2 Å². The molecule has 0 aliphatic heterocycles. The summed E-state index contributed by atoms with van der Waals surface area (Å²) in [5.41, 5.74) is 0. The van der Waals surface area contributed by atoms with Crippen molar-refractivity contribution in [2.75, 3.05) is 26.4 Å². The lowest BCUT2D eigenvalue weighted by atomic mass is 10.1. The maximum Gasteiger partial charge on any atom is 0.472 e. The van der Waals surface area contributed by atoms with Crippen LogP contribution in [0.2, 0.25) is 0 Å². The van der Waals surface area contributed by atoms with Gasteiger partial charge < -0.3 is 24.2 Å². The molecule has 11 nitrogen and oxygen atoms in total. The number of carbonyl (C=O) groups excluding carboxylic acids is 3. The molecule has 0 aromatic heterocycles. The number of esters is 3. The van der Waals surface area contributed by atoms with E-state index in [4.69, 9.17) is 23.3 Å². The van der Waals surface area contributed by atoms with E-state index in [1.54, 1.807) is 0 Å². The first-order valence-corrected chi connectivity index (χ1v) is 29.2. The summed E-state index contributed by atoms with van der Waals surface area (Å²) < 4.78 is 39.3. The fourth-order valence-corrected chi connectivity index (χ4v) is 7.44. The lowest BCUT2D eigenvalue weighted by molar-refractivity contribution is -0.161. The Balaban J connectivity index is 4.92. The minimum atomic E-state index is -4.79. The van der Waals surface area contributed by atoms with Crippen molar-refractivity contribution >= 4 is 25.7 Å². The Hall–Kier alpha value is -4.64. The largest absolute Gasteiger partial charge is 0.472 e. The van der Waals surface area contributed by atoms with E-state index in [2.05, 4.69) is 136 Å². The van der Waals surface area contributed by atoms with Crippen LogP contribution < -0.4 is 0 Å². The molecule has 3 atom stereocenters. The van der Waals surface area contributed by atoms with Crippen LogP contribution in [0.15, 0.2) is 146 Å². The highest BCUT2D eigenvalue weighted by molar-refractivity contribution is 7.47. The SMILES string of the molecule is CC/C=C\C/C=C\C/C=C\C/C=C\C/C=C\CCCC(=O)OC(COC(=O)CCCCCCCCC/C=C\C/C=C\C/C=C\CC)COP(=O)(O)OCC(CO)OC(=O)CC/C=C\C/C=C\C/C=C\C/C=C\CC. The molecule has 0 radical (unpaired) electrons. The average Bonchev–Trinajstić information content (AvgIpc) is 3.39. The molecule has 0 fully saturated rings. The number of hydrogen-bond acceptors (Lipinski definition) is 10. The van der Waals surface area contributed by atoms with Crippen LogP contribution in [0.3, 0.4) is 0 Å². The molecule has 0 rings (SSSR count). The highest BCUT2D eigenvalue weighted by Gasteiger charge is 2.28. The standard InChI is InChI=1S/C62H97O11P/c1-4-7-10-13-16-19-22-25-27-29-31-34-36-39-42-45-48-51-60(64)69-55-59(73-62(66)53-50-47-44-41-38-35-32-30-28-26-23-20-17-14-11-8-5-2)57-71-74(67,68)70-56-58(54-63)72-61(65)52-49-46-43-40-37-33-24-21-18-15-12-9-6-3/h7-12,16-21,25-28,32-33,35,37,41,43-44,46,58-59,63H,4-6,13-15,22-24,29-31,34,36,38-40,42,45,47-57H2,1-3H3,(H,67,68)/b10-7-,11-8-,12-9-,19-16-,20-17-,21-18-,27-25-,28-26-,35-32-,37-33-,44-41-,46-43-. The lowest BCUT2D eigenvalue weighted by Crippen LogP contribution is -2.30. The molecule has 416 valence electrons. The number of phosphoric acid groups is 1. The summed E-state index contributed by atoms with van der Waals surface area (Å²) in [5.74, 6) is -1.66. The number of carbonyl (C=O) groups is 3. The molecule has 0 aromatic carbocycles. The van der Waals surface area contributed by atoms with Crippen LogP contribution in [0.1, 0.15) is 188 Å². The molecule has 0 saturated carbocycles. The summed E-state index contributed by atoms with van der Waals surface area (Å²) in [6.07, 6.45) is 69.8. The Bertz CT molecular complexity index is 1800. The Morgan fingerprint density at radius 1 is 0.378 bits per heavy atom. The Morgan fingerprint density at radius 3 is 1.14 bits per heavy atom. The molecule has 3 unspecified atom stereocenters. The number of hydrogen-bond donors (Lipinski definition) is 2. The second-order valence-electron chi connectivity index (χ2n) is 17.6. The zero-order valence-electron chi connectivity index (χ0n) is 45.7. The molecule has 0 aliphatic rings. The number of phosphoric ester groups is 1. The second-order valence-corrected chi connectivity index (χ2v) is 19.1. The van der Waals surface area contributed by atoms with E-state index >= 15 is 0 Å². The third-order valence-corrected chi connectivity index (χ3v) is 11.7. The molecule has 0 amide bonds. The molecule has 2 N–H and O–H groups in total. The van der Waals surface area contributed by atoms with Crippen LogP contribution in [0.5, 0.6) is 0 Å². The summed E-state index contributed by atoms with van der Waals surface area (Å²) in [5, 5.41) is 9.78. The third-order valence-electron chi connectivity index (χ3n) is 10.8. The Kier molecular flexibility index (Phi) is 51.2. The van der Waals surface area contributed by atoms with Gasteiger partial charge in [0.1, 0.15) is 12.7 Å². The second kappa shape index (κ2) is 54.6. The molecule has 0 aromatic rings. The van der Waals surface area contributed by atoms with E-state index in [0.717, 1.165) is 116 Å². The third kappa shape index (κ3) is 52.2. The fourth-order valence-electron chi connectivity index (χ4n) is 6.65. The van der Waals surface area contributed by atoms with Crippen molar-refractivity contribution in [3.63, 3.8) is 0 Å². The molecule has 0 spiro atoms. The highest BCUT2D eigenvalue weighted by Crippen LogP contribution is 2.43. The molecular weight excluding hydrogens is 952 g/mol. The van der Waals surface area contributed by atoms with E-state index in [1.807, 2.05) is 30.4 Å². The number of rotatable bonds is 49. The van der Waals surface area contributed by atoms with Crippen molar-refractivity contribution in [3.05, 3.63) is 146 Å². The van der Waals surface area contributed by atoms with E-state index in [9.17, 15) is 28.9 Å². The van der Waals surface area contributed by atoms with Crippen LogP contribution in [-0.4, -0.2) is 66.5 Å². The first-order chi connectivity index (χ1) is 36.2. The first kappa shape index (κ1) is 69.4. The molecule has 12 heteroatoms. The number of unbranched alkanes of at least 4 members (excludes halogenated alkanes) is 8. The summed E-state index contributed by atoms with van der Waals surface area (Å²) in [4.78, 5) is 48.4. The normalized spacial score (nSPS) is 14.5. The van der Waals surface area contributed by atoms with Gasteiger partial charge in [0, 0.05) is 19.3 Å². The maximum atomic E-state index is 12.9. The van der Waals surface area contributed by atoms with Gasteiger partial charge in [0.15, 0.2) is 6.10 Å². The number of aliphatic hydroxyl groups excluding tert-OH is 1. The zero-order valence-corrected chi connectivity index (χ0v) is 46.6. The van der Waals surface area contributed by atoms with Gasteiger partial charge in [-0.3, -0.25) is 23.4 Å². The van der Waals surface area contributed by atoms with E-state index in [-0.39, 0.29) is 25.9 Å². The highest BCUT2D eigenvalue weighted by atomic mass is 31.2. The molecular formula is C62H97O11P. The van der Waals surface area contributed by atoms with Gasteiger partial charge in [0.2, 0.25) is 0 Å². The van der Waals surface area contributed by atoms with Crippen molar-refractivity contribution in [2.24, 2.45) is 0 Å². The number of allylic oxidation sites excluding steroid dienone is 24. The van der Waals surface area contributed by atoms with Gasteiger partial charge in [0.25, 0.3) is 0 Å². The molecule has 0 bridgehead atoms. The van der Waals surface area contributed by atoms with Crippen LogP contribution in [-0.2, 0) is 42.2 Å². The Labute approximate surface area is 448 Å². The van der Waals surface area contributed by atoms with Crippen LogP contribution >= 0.6 is 7.82 Å². The smallest absolute Gasteiger partial charge is 0.462 e. The first-order valence-electron chi connectivity index (χ1n) is 27.7. The minimum Gasteiger partial charge on any atom is -0.462 e. The summed E-state index contributed by atoms with van der Waals surface area (Å²) in [6.45, 7) is 4.11. The summed E-state index contributed by atoms with van der Waals surface area (Å²) >= 11 is 0. The van der Waals surface area contributed by atoms with Crippen molar-refractivity contribution in [1.82, 2.24) is 0 Å². The topological polar surface area (TPSA) is 155 Å². The molecule has 0 aliphatic carbocycles. The maximum absolute atomic E-state index is 12.9. The van der Waals surface area contributed by atoms with Crippen molar-refractivity contribution in [2.45, 2.75) is 200 Å². The van der Waals surface area contributed by atoms with Crippen LogP contribution in [0, 0.1) is 0 Å². The predicted molar refractivity (Wildman–Crippen MR) is 306 cm³/mol. The van der Waals surface area contributed by atoms with Gasteiger partial charge in [-0.2, -0.15) is 0 Å². The molecule has 0 saturated heterocycles. The number of aliphatic hydroxyl groups is 1. The quantitative estimate of drug-likeness (QED) is 0.0197. The predicted octanol–water partition coefficient (Wildman–Crippen LogP) is 16.4. The van der Waals surface area contributed by atoms with Gasteiger partial charge >= 0.3 is 25.7 Å². The zero-order chi connectivity index (χ0) is 54.1.